The van der Waals surface area contributed by atoms with Crippen molar-refractivity contribution in [3.63, 3.8) is 0 Å². The summed E-state index contributed by atoms with van der Waals surface area (Å²) in [6.07, 6.45) is 1.60. The van der Waals surface area contributed by atoms with Gasteiger partial charge in [-0.2, -0.15) is 4.98 Å². The van der Waals surface area contributed by atoms with Crippen molar-refractivity contribution in [3.05, 3.63) is 77.6 Å². The van der Waals surface area contributed by atoms with E-state index in [0.717, 1.165) is 42.6 Å². The Morgan fingerprint density at radius 2 is 1.84 bits per heavy atom. The number of carbonyl (C=O) groups is 1. The molecule has 6 nitrogen and oxygen atoms in total. The van der Waals surface area contributed by atoms with E-state index in [1.165, 1.54) is 5.39 Å². The van der Waals surface area contributed by atoms with Crippen molar-refractivity contribution in [3.8, 4) is 11.4 Å². The van der Waals surface area contributed by atoms with Crippen molar-refractivity contribution in [2.75, 3.05) is 18.4 Å². The van der Waals surface area contributed by atoms with E-state index in [-0.39, 0.29) is 11.8 Å². The zero-order valence-corrected chi connectivity index (χ0v) is 18.3. The normalized spacial score (nSPS) is 15.2. The standard InChI is InChI=1S/C25H23ClN4O2/c26-21-7-3-6-20(14-21)24-28-23(32-29-24)16-30-12-10-18(11-13-30)25(31)27-22-9-8-17-4-1-2-5-19(17)15-22/h1-9,14-15,18H,10-13,16H2,(H,27,31). The van der Waals surface area contributed by atoms with Gasteiger partial charge in [-0.1, -0.05) is 59.2 Å². The summed E-state index contributed by atoms with van der Waals surface area (Å²) in [6, 6.07) is 21.6. The maximum absolute atomic E-state index is 12.8. The molecule has 0 bridgehead atoms. The third-order valence-corrected chi connectivity index (χ3v) is 6.12. The average molecular weight is 447 g/mol. The molecule has 1 aliphatic rings. The number of halogens is 1. The second kappa shape index (κ2) is 9.10. The SMILES string of the molecule is O=C(Nc1ccc2ccccc2c1)C1CCN(Cc2nc(-c3cccc(Cl)c3)no2)CC1. The van der Waals surface area contributed by atoms with Gasteiger partial charge >= 0.3 is 0 Å². The zero-order valence-electron chi connectivity index (χ0n) is 17.5. The maximum atomic E-state index is 12.8. The van der Waals surface area contributed by atoms with Gasteiger partial charge in [0.25, 0.3) is 0 Å². The number of fused-ring (bicyclic) bond motifs is 1. The molecule has 1 fully saturated rings. The molecule has 5 rings (SSSR count). The van der Waals surface area contributed by atoms with Crippen molar-refractivity contribution in [1.29, 1.82) is 0 Å². The first kappa shape index (κ1) is 20.7. The summed E-state index contributed by atoms with van der Waals surface area (Å²) >= 11 is 6.05. The Morgan fingerprint density at radius 1 is 1.03 bits per heavy atom. The van der Waals surface area contributed by atoms with Crippen molar-refractivity contribution in [2.24, 2.45) is 5.92 Å². The number of rotatable bonds is 5. The average Bonchev–Trinajstić information content (AvgIpc) is 3.28. The molecule has 0 atom stereocenters. The molecule has 1 N–H and O–H groups in total. The lowest BCUT2D eigenvalue weighted by atomic mass is 9.95. The Bertz CT molecular complexity index is 1250. The Labute approximate surface area is 191 Å². The Kier molecular flexibility index (Phi) is 5.88. The number of hydrogen-bond acceptors (Lipinski definition) is 5. The van der Waals surface area contributed by atoms with Gasteiger partial charge in [-0.25, -0.2) is 0 Å². The lowest BCUT2D eigenvalue weighted by Crippen LogP contribution is -2.37. The van der Waals surface area contributed by atoms with Gasteiger partial charge in [-0.05, 0) is 61.0 Å². The number of anilines is 1. The van der Waals surface area contributed by atoms with E-state index >= 15 is 0 Å². The third kappa shape index (κ3) is 4.66. The summed E-state index contributed by atoms with van der Waals surface area (Å²) in [5.74, 6) is 1.19. The smallest absolute Gasteiger partial charge is 0.241 e. The van der Waals surface area contributed by atoms with Crippen molar-refractivity contribution < 1.29 is 9.32 Å². The molecule has 0 spiro atoms. The van der Waals surface area contributed by atoms with Gasteiger partial charge in [0.15, 0.2) is 0 Å². The highest BCUT2D eigenvalue weighted by Gasteiger charge is 2.26. The number of carbonyl (C=O) groups excluding carboxylic acids is 1. The number of hydrogen-bond donors (Lipinski definition) is 1. The Hall–Kier alpha value is -3.22. The molecule has 2 heterocycles. The summed E-state index contributed by atoms with van der Waals surface area (Å²) in [6.45, 7) is 2.20. The summed E-state index contributed by atoms with van der Waals surface area (Å²) in [4.78, 5) is 19.5. The second-order valence-electron chi connectivity index (χ2n) is 8.12. The van der Waals surface area contributed by atoms with Gasteiger partial charge in [0.05, 0.1) is 6.54 Å². The first-order valence-electron chi connectivity index (χ1n) is 10.7. The van der Waals surface area contributed by atoms with Gasteiger partial charge < -0.3 is 9.84 Å². The molecule has 1 amide bonds. The van der Waals surface area contributed by atoms with Crippen LogP contribution in [-0.2, 0) is 11.3 Å². The fourth-order valence-corrected chi connectivity index (χ4v) is 4.31. The van der Waals surface area contributed by atoms with E-state index in [2.05, 4.69) is 32.5 Å². The molecule has 0 aliphatic carbocycles. The number of nitrogens with one attached hydrogen (secondary N) is 1. The summed E-state index contributed by atoms with van der Waals surface area (Å²) in [5, 5.41) is 10.1. The van der Waals surface area contributed by atoms with E-state index in [9.17, 15) is 4.79 Å². The van der Waals surface area contributed by atoms with Crippen molar-refractivity contribution in [1.82, 2.24) is 15.0 Å². The van der Waals surface area contributed by atoms with Gasteiger partial charge in [0, 0.05) is 22.2 Å². The van der Waals surface area contributed by atoms with Crippen molar-refractivity contribution in [2.45, 2.75) is 19.4 Å². The summed E-state index contributed by atoms with van der Waals surface area (Å²) in [5.41, 5.74) is 1.67. The van der Waals surface area contributed by atoms with Gasteiger partial charge in [-0.15, -0.1) is 0 Å². The summed E-state index contributed by atoms with van der Waals surface area (Å²) < 4.78 is 5.42. The molecule has 7 heteroatoms. The molecule has 4 aromatic rings. The number of nitrogens with zero attached hydrogens (tertiary/aromatic N) is 3. The first-order valence-corrected chi connectivity index (χ1v) is 11.1. The van der Waals surface area contributed by atoms with Crippen LogP contribution in [0.3, 0.4) is 0 Å². The van der Waals surface area contributed by atoms with Gasteiger partial charge in [0.1, 0.15) is 0 Å². The van der Waals surface area contributed by atoms with Crippen LogP contribution in [0.1, 0.15) is 18.7 Å². The molecular formula is C25H23ClN4O2. The molecule has 0 unspecified atom stereocenters. The summed E-state index contributed by atoms with van der Waals surface area (Å²) in [7, 11) is 0. The fourth-order valence-electron chi connectivity index (χ4n) is 4.12. The molecule has 1 saturated heterocycles. The van der Waals surface area contributed by atoms with Crippen LogP contribution >= 0.6 is 11.6 Å². The molecule has 0 radical (unpaired) electrons. The van der Waals surface area contributed by atoms with E-state index in [1.54, 1.807) is 0 Å². The third-order valence-electron chi connectivity index (χ3n) is 5.89. The minimum atomic E-state index is 0.00225. The largest absolute Gasteiger partial charge is 0.338 e. The molecular weight excluding hydrogens is 424 g/mol. The molecule has 1 aliphatic heterocycles. The molecule has 3 aromatic carbocycles. The van der Waals surface area contributed by atoms with Crippen LogP contribution in [-0.4, -0.2) is 34.0 Å². The highest BCUT2D eigenvalue weighted by atomic mass is 35.5. The van der Waals surface area contributed by atoms with Crippen LogP contribution in [0.4, 0.5) is 5.69 Å². The molecule has 32 heavy (non-hydrogen) atoms. The predicted molar refractivity (Wildman–Crippen MR) is 125 cm³/mol. The number of likely N-dealkylation sites (tertiary alicyclic amines) is 1. The number of benzene rings is 3. The van der Waals surface area contributed by atoms with Crippen molar-refractivity contribution >= 4 is 34.0 Å². The number of amides is 1. The van der Waals surface area contributed by atoms with E-state index < -0.39 is 0 Å². The van der Waals surface area contributed by atoms with Crippen LogP contribution in [0.2, 0.25) is 5.02 Å². The maximum Gasteiger partial charge on any atom is 0.241 e. The highest BCUT2D eigenvalue weighted by molar-refractivity contribution is 6.30. The lowest BCUT2D eigenvalue weighted by Gasteiger charge is -2.30. The molecule has 0 saturated carbocycles. The molecule has 1 aromatic heterocycles. The van der Waals surface area contributed by atoms with Crippen LogP contribution < -0.4 is 5.32 Å². The van der Waals surface area contributed by atoms with E-state index in [0.29, 0.717) is 23.3 Å². The van der Waals surface area contributed by atoms with E-state index in [4.69, 9.17) is 16.1 Å². The van der Waals surface area contributed by atoms with Crippen LogP contribution in [0, 0.1) is 5.92 Å². The molecule has 162 valence electrons. The lowest BCUT2D eigenvalue weighted by molar-refractivity contribution is -0.121. The van der Waals surface area contributed by atoms with Crippen LogP contribution in [0.5, 0.6) is 0 Å². The zero-order chi connectivity index (χ0) is 21.9. The second-order valence-corrected chi connectivity index (χ2v) is 8.56. The van der Waals surface area contributed by atoms with Crippen LogP contribution in [0.25, 0.3) is 22.2 Å². The quantitative estimate of drug-likeness (QED) is 0.444. The number of aromatic nitrogens is 2. The monoisotopic (exact) mass is 446 g/mol. The topological polar surface area (TPSA) is 71.3 Å². The Balaban J connectivity index is 1.15. The first-order chi connectivity index (χ1) is 15.6. The Morgan fingerprint density at radius 3 is 2.66 bits per heavy atom. The minimum absolute atomic E-state index is 0.00225. The predicted octanol–water partition coefficient (Wildman–Crippen LogP) is 5.39. The number of piperidine rings is 1. The fraction of sp³-hybridized carbons (Fsp3) is 0.240. The van der Waals surface area contributed by atoms with Gasteiger partial charge in [0.2, 0.25) is 17.6 Å². The highest BCUT2D eigenvalue weighted by Crippen LogP contribution is 2.24. The van der Waals surface area contributed by atoms with Crippen LogP contribution in [0.15, 0.2) is 71.3 Å². The van der Waals surface area contributed by atoms with E-state index in [1.807, 2.05) is 54.6 Å². The van der Waals surface area contributed by atoms with Gasteiger partial charge in [-0.3, -0.25) is 9.69 Å². The minimum Gasteiger partial charge on any atom is -0.338 e.